The molecule has 2 heterocycles. The van der Waals surface area contributed by atoms with Crippen molar-refractivity contribution in [2.24, 2.45) is 0 Å². The number of sulfone groups is 1. The van der Waals surface area contributed by atoms with Crippen LogP contribution in [-0.2, 0) is 16.3 Å². The molecule has 0 bridgehead atoms. The lowest BCUT2D eigenvalue weighted by Gasteiger charge is -2.31. The smallest absolute Gasteiger partial charge is 0.185 e. The van der Waals surface area contributed by atoms with Crippen LogP contribution in [0, 0.1) is 27.7 Å². The van der Waals surface area contributed by atoms with E-state index in [-0.39, 0.29) is 9.92 Å². The largest absolute Gasteiger partial charge is 0.348 e. The summed E-state index contributed by atoms with van der Waals surface area (Å²) in [5.74, 6) is 0. The fourth-order valence-electron chi connectivity index (χ4n) is 4.58. The van der Waals surface area contributed by atoms with Gasteiger partial charge in [-0.1, -0.05) is 40.9 Å². The summed E-state index contributed by atoms with van der Waals surface area (Å²) in [4.78, 5) is 7.26. The SMILES string of the molecule is Cc1cc(C)c(Cc2csc(N3CCC(S(=O)(=O)c4cc(C)c(Cl)cc4Cl)CC3)n2)c(C)c1. The van der Waals surface area contributed by atoms with E-state index in [1.807, 2.05) is 0 Å². The molecule has 0 aliphatic carbocycles. The highest BCUT2D eigenvalue weighted by atomic mass is 35.5. The molecule has 1 aliphatic rings. The number of piperidine rings is 1. The Morgan fingerprint density at radius 1 is 0.970 bits per heavy atom. The Labute approximate surface area is 210 Å². The third kappa shape index (κ3) is 5.09. The molecule has 0 unspecified atom stereocenters. The standard InChI is InChI=1S/C25H28Cl2N2O2S2/c1-15-9-16(2)21(17(3)10-15)12-19-14-32-25(28-19)29-7-5-20(6-8-29)33(30,31)24-11-18(4)22(26)13-23(24)27/h9-11,13-14,20H,5-8,12H2,1-4H3. The summed E-state index contributed by atoms with van der Waals surface area (Å²) < 4.78 is 26.5. The molecule has 2 aromatic carbocycles. The van der Waals surface area contributed by atoms with Crippen molar-refractivity contribution in [3.63, 3.8) is 0 Å². The van der Waals surface area contributed by atoms with E-state index in [0.717, 1.165) is 17.2 Å². The van der Waals surface area contributed by atoms with Crippen LogP contribution in [0.3, 0.4) is 0 Å². The second-order valence-electron chi connectivity index (χ2n) is 8.94. The van der Waals surface area contributed by atoms with E-state index >= 15 is 0 Å². The molecule has 1 aliphatic heterocycles. The Bertz CT molecular complexity index is 1270. The predicted octanol–water partition coefficient (Wildman–Crippen LogP) is 6.72. The number of anilines is 1. The number of aromatic nitrogens is 1. The zero-order valence-corrected chi connectivity index (χ0v) is 22.4. The van der Waals surface area contributed by atoms with Gasteiger partial charge in [-0.25, -0.2) is 13.4 Å². The number of nitrogens with zero attached hydrogens (tertiary/aromatic N) is 2. The third-order valence-electron chi connectivity index (χ3n) is 6.41. The molecule has 3 aromatic rings. The summed E-state index contributed by atoms with van der Waals surface area (Å²) in [6.45, 7) is 9.54. The molecule has 0 saturated carbocycles. The summed E-state index contributed by atoms with van der Waals surface area (Å²) in [5.41, 5.74) is 6.97. The Morgan fingerprint density at radius 3 is 2.24 bits per heavy atom. The predicted molar refractivity (Wildman–Crippen MR) is 139 cm³/mol. The minimum Gasteiger partial charge on any atom is -0.348 e. The molecule has 4 rings (SSSR count). The zero-order chi connectivity index (χ0) is 23.9. The molecule has 0 atom stereocenters. The van der Waals surface area contributed by atoms with Crippen LogP contribution in [0.1, 0.15) is 46.4 Å². The molecule has 8 heteroatoms. The van der Waals surface area contributed by atoms with Crippen LogP contribution in [0.4, 0.5) is 5.13 Å². The molecule has 176 valence electrons. The van der Waals surface area contributed by atoms with Crippen LogP contribution in [0.5, 0.6) is 0 Å². The fourth-order valence-corrected chi connectivity index (χ4v) is 8.03. The summed E-state index contributed by atoms with van der Waals surface area (Å²) in [5, 5.41) is 3.30. The van der Waals surface area contributed by atoms with Crippen LogP contribution in [0.2, 0.25) is 10.0 Å². The molecule has 33 heavy (non-hydrogen) atoms. The van der Waals surface area contributed by atoms with Gasteiger partial charge in [-0.15, -0.1) is 11.3 Å². The Hall–Kier alpha value is -1.60. The highest BCUT2D eigenvalue weighted by molar-refractivity contribution is 7.92. The molecule has 1 aromatic heterocycles. The van der Waals surface area contributed by atoms with E-state index in [0.29, 0.717) is 36.5 Å². The van der Waals surface area contributed by atoms with Gasteiger partial charge in [0.2, 0.25) is 0 Å². The normalized spacial score (nSPS) is 15.3. The lowest BCUT2D eigenvalue weighted by Crippen LogP contribution is -2.39. The lowest BCUT2D eigenvalue weighted by molar-refractivity contribution is 0.529. The molecule has 0 N–H and O–H groups in total. The van der Waals surface area contributed by atoms with Crippen molar-refractivity contribution < 1.29 is 8.42 Å². The molecule has 4 nitrogen and oxygen atoms in total. The van der Waals surface area contributed by atoms with Gasteiger partial charge in [0.25, 0.3) is 0 Å². The van der Waals surface area contributed by atoms with Crippen LogP contribution < -0.4 is 4.90 Å². The van der Waals surface area contributed by atoms with Crippen molar-refractivity contribution in [2.75, 3.05) is 18.0 Å². The summed E-state index contributed by atoms with van der Waals surface area (Å²) >= 11 is 14.0. The van der Waals surface area contributed by atoms with Gasteiger partial charge in [0, 0.05) is 29.9 Å². The topological polar surface area (TPSA) is 50.3 Å². The van der Waals surface area contributed by atoms with Gasteiger partial charge >= 0.3 is 0 Å². The van der Waals surface area contributed by atoms with Gasteiger partial charge < -0.3 is 4.90 Å². The first-order chi connectivity index (χ1) is 15.6. The molecule has 0 spiro atoms. The number of hydrogen-bond donors (Lipinski definition) is 0. The summed E-state index contributed by atoms with van der Waals surface area (Å²) in [7, 11) is -3.52. The number of benzene rings is 2. The molecule has 1 fully saturated rings. The fraction of sp³-hybridized carbons (Fsp3) is 0.400. The average molecular weight is 524 g/mol. The van der Waals surface area contributed by atoms with Crippen LogP contribution in [0.25, 0.3) is 0 Å². The number of rotatable bonds is 5. The van der Waals surface area contributed by atoms with Crippen molar-refractivity contribution in [1.29, 1.82) is 0 Å². The monoisotopic (exact) mass is 522 g/mol. The van der Waals surface area contributed by atoms with Crippen molar-refractivity contribution in [3.05, 3.63) is 73.2 Å². The van der Waals surface area contributed by atoms with Gasteiger partial charge in [-0.3, -0.25) is 0 Å². The zero-order valence-electron chi connectivity index (χ0n) is 19.3. The molecule has 0 radical (unpaired) electrons. The van der Waals surface area contributed by atoms with E-state index in [2.05, 4.69) is 43.2 Å². The molecule has 0 amide bonds. The number of hydrogen-bond acceptors (Lipinski definition) is 5. The van der Waals surface area contributed by atoms with Crippen molar-refractivity contribution in [1.82, 2.24) is 4.98 Å². The maximum atomic E-state index is 13.3. The summed E-state index contributed by atoms with van der Waals surface area (Å²) in [6, 6.07) is 7.55. The van der Waals surface area contributed by atoms with Crippen molar-refractivity contribution in [3.8, 4) is 0 Å². The quantitative estimate of drug-likeness (QED) is 0.373. The second kappa shape index (κ2) is 9.57. The highest BCUT2D eigenvalue weighted by Crippen LogP contribution is 2.34. The summed E-state index contributed by atoms with van der Waals surface area (Å²) in [6.07, 6.45) is 1.91. The van der Waals surface area contributed by atoms with Gasteiger partial charge in [-0.05, 0) is 74.9 Å². The Morgan fingerprint density at radius 2 is 1.61 bits per heavy atom. The minimum atomic E-state index is -3.52. The number of aryl methyl sites for hydroxylation is 4. The van der Waals surface area contributed by atoms with Gasteiger partial charge in [0.05, 0.1) is 20.9 Å². The van der Waals surface area contributed by atoms with Crippen molar-refractivity contribution >= 4 is 49.5 Å². The first kappa shape index (κ1) is 24.5. The second-order valence-corrected chi connectivity index (χ2v) is 12.8. The maximum Gasteiger partial charge on any atom is 0.185 e. The van der Waals surface area contributed by atoms with Crippen LogP contribution in [0.15, 0.2) is 34.5 Å². The first-order valence-corrected chi connectivity index (χ1v) is 14.2. The van der Waals surface area contributed by atoms with E-state index in [9.17, 15) is 8.42 Å². The number of thiazole rings is 1. The first-order valence-electron chi connectivity index (χ1n) is 11.0. The van der Waals surface area contributed by atoms with Gasteiger partial charge in [0.15, 0.2) is 15.0 Å². The Kier molecular flexibility index (Phi) is 7.11. The minimum absolute atomic E-state index is 0.185. The van der Waals surface area contributed by atoms with E-state index < -0.39 is 15.1 Å². The van der Waals surface area contributed by atoms with E-state index in [1.165, 1.54) is 28.3 Å². The van der Waals surface area contributed by atoms with E-state index in [4.69, 9.17) is 28.2 Å². The van der Waals surface area contributed by atoms with Crippen LogP contribution in [-0.4, -0.2) is 31.7 Å². The highest BCUT2D eigenvalue weighted by Gasteiger charge is 2.33. The number of halogens is 2. The van der Waals surface area contributed by atoms with Crippen molar-refractivity contribution in [2.45, 2.75) is 57.1 Å². The molecular formula is C25H28Cl2N2O2S2. The lowest BCUT2D eigenvalue weighted by atomic mass is 9.96. The average Bonchev–Trinajstić information content (AvgIpc) is 3.22. The molecular weight excluding hydrogens is 495 g/mol. The maximum absolute atomic E-state index is 13.3. The third-order valence-corrected chi connectivity index (χ3v) is 10.5. The van der Waals surface area contributed by atoms with Gasteiger partial charge in [-0.2, -0.15) is 0 Å². The van der Waals surface area contributed by atoms with Crippen LogP contribution >= 0.6 is 34.5 Å². The van der Waals surface area contributed by atoms with Gasteiger partial charge in [0.1, 0.15) is 0 Å². The molecule has 1 saturated heterocycles. The Balaban J connectivity index is 1.45. The van der Waals surface area contributed by atoms with E-state index in [1.54, 1.807) is 24.3 Å².